The van der Waals surface area contributed by atoms with Crippen LogP contribution in [0.15, 0.2) is 29.3 Å². The van der Waals surface area contributed by atoms with Gasteiger partial charge in [0.15, 0.2) is 0 Å². The summed E-state index contributed by atoms with van der Waals surface area (Å²) < 4.78 is 1.42. The highest BCUT2D eigenvalue weighted by atomic mass is 16.2. The first-order valence-electron chi connectivity index (χ1n) is 7.75. The number of carbonyl (C=O) groups is 1. The molecule has 124 valence electrons. The van der Waals surface area contributed by atoms with Gasteiger partial charge in [0, 0.05) is 31.5 Å². The van der Waals surface area contributed by atoms with Gasteiger partial charge in [0.05, 0.1) is 0 Å². The first kappa shape index (κ1) is 17.1. The minimum Gasteiger partial charge on any atom is -0.335 e. The fraction of sp³-hybridized carbons (Fsp3) is 0.471. The maximum absolute atomic E-state index is 12.8. The van der Waals surface area contributed by atoms with Crippen molar-refractivity contribution in [2.75, 3.05) is 27.2 Å². The highest BCUT2D eigenvalue weighted by molar-refractivity contribution is 5.94. The van der Waals surface area contributed by atoms with Crippen LogP contribution in [-0.4, -0.2) is 58.3 Å². The summed E-state index contributed by atoms with van der Waals surface area (Å²) in [5, 5.41) is 0. The molecule has 2 aromatic rings. The van der Waals surface area contributed by atoms with Crippen molar-refractivity contribution < 1.29 is 4.79 Å². The van der Waals surface area contributed by atoms with Gasteiger partial charge < -0.3 is 9.80 Å². The Labute approximate surface area is 136 Å². The maximum atomic E-state index is 12.8. The lowest BCUT2D eigenvalue weighted by molar-refractivity contribution is 0.0690. The normalized spacial score (nSPS) is 11.4. The molecule has 0 atom stereocenters. The molecule has 0 aliphatic heterocycles. The highest BCUT2D eigenvalue weighted by Crippen LogP contribution is 2.07. The summed E-state index contributed by atoms with van der Waals surface area (Å²) >= 11 is 0. The number of hydrogen-bond donors (Lipinski definition) is 0. The Balaban J connectivity index is 2.41. The number of aromatic nitrogens is 2. The van der Waals surface area contributed by atoms with Crippen LogP contribution in [0.25, 0.3) is 5.65 Å². The number of pyridine rings is 1. The SMILES string of the molecule is Cc1ccn2c(=O)c(C(=O)N(CCN(C)C)C(C)C)cnc2c1. The van der Waals surface area contributed by atoms with E-state index in [2.05, 4.69) is 4.98 Å². The molecule has 0 aliphatic carbocycles. The molecule has 2 aromatic heterocycles. The number of nitrogens with zero attached hydrogens (tertiary/aromatic N) is 4. The Morgan fingerprint density at radius 1 is 1.30 bits per heavy atom. The molecule has 0 saturated heterocycles. The number of amides is 1. The van der Waals surface area contributed by atoms with E-state index in [4.69, 9.17) is 0 Å². The van der Waals surface area contributed by atoms with E-state index in [1.807, 2.05) is 51.9 Å². The van der Waals surface area contributed by atoms with Gasteiger partial charge in [-0.15, -0.1) is 0 Å². The number of rotatable bonds is 5. The molecule has 0 aromatic carbocycles. The molecule has 0 spiro atoms. The van der Waals surface area contributed by atoms with Crippen LogP contribution in [0.5, 0.6) is 0 Å². The smallest absolute Gasteiger partial charge is 0.270 e. The molecule has 6 nitrogen and oxygen atoms in total. The first-order valence-corrected chi connectivity index (χ1v) is 7.75. The summed E-state index contributed by atoms with van der Waals surface area (Å²) in [6.07, 6.45) is 3.06. The Morgan fingerprint density at radius 3 is 2.61 bits per heavy atom. The minimum absolute atomic E-state index is 0.0144. The van der Waals surface area contributed by atoms with Crippen LogP contribution in [0, 0.1) is 6.92 Å². The van der Waals surface area contributed by atoms with Crippen LogP contribution in [0.4, 0.5) is 0 Å². The van der Waals surface area contributed by atoms with Gasteiger partial charge >= 0.3 is 0 Å². The van der Waals surface area contributed by atoms with Gasteiger partial charge in [-0.3, -0.25) is 14.0 Å². The molecule has 2 heterocycles. The number of carbonyl (C=O) groups excluding carboxylic acids is 1. The van der Waals surface area contributed by atoms with E-state index in [1.165, 1.54) is 10.6 Å². The van der Waals surface area contributed by atoms with Crippen LogP contribution in [0.2, 0.25) is 0 Å². The van der Waals surface area contributed by atoms with Crippen molar-refractivity contribution >= 4 is 11.6 Å². The van der Waals surface area contributed by atoms with E-state index in [0.29, 0.717) is 12.2 Å². The summed E-state index contributed by atoms with van der Waals surface area (Å²) in [6, 6.07) is 3.67. The number of aryl methyl sites for hydroxylation is 1. The lowest BCUT2D eigenvalue weighted by Crippen LogP contribution is -2.43. The molecule has 0 bridgehead atoms. The van der Waals surface area contributed by atoms with Crippen molar-refractivity contribution in [2.45, 2.75) is 26.8 Å². The van der Waals surface area contributed by atoms with Crippen LogP contribution < -0.4 is 5.56 Å². The third kappa shape index (κ3) is 3.76. The summed E-state index contributed by atoms with van der Waals surface area (Å²) in [4.78, 5) is 33.4. The summed E-state index contributed by atoms with van der Waals surface area (Å²) in [5.74, 6) is -0.269. The van der Waals surface area contributed by atoms with Gasteiger partial charge in [-0.05, 0) is 52.6 Å². The predicted octanol–water partition coefficient (Wildman–Crippen LogP) is 1.42. The summed E-state index contributed by atoms with van der Waals surface area (Å²) in [7, 11) is 3.91. The van der Waals surface area contributed by atoms with E-state index in [1.54, 1.807) is 11.1 Å². The molecular weight excluding hydrogens is 292 g/mol. The number of likely N-dealkylation sites (N-methyl/N-ethyl adjacent to an activating group) is 1. The van der Waals surface area contributed by atoms with Crippen molar-refractivity contribution in [2.24, 2.45) is 0 Å². The zero-order valence-corrected chi connectivity index (χ0v) is 14.4. The molecule has 2 rings (SSSR count). The van der Waals surface area contributed by atoms with Gasteiger partial charge in [-0.2, -0.15) is 0 Å². The van der Waals surface area contributed by atoms with Gasteiger partial charge in [-0.1, -0.05) is 0 Å². The molecule has 0 aliphatic rings. The molecule has 23 heavy (non-hydrogen) atoms. The van der Waals surface area contributed by atoms with Crippen molar-refractivity contribution in [3.63, 3.8) is 0 Å². The average molecular weight is 316 g/mol. The zero-order valence-electron chi connectivity index (χ0n) is 14.4. The van der Waals surface area contributed by atoms with Gasteiger partial charge in [0.1, 0.15) is 11.2 Å². The molecule has 1 amide bonds. The second kappa shape index (κ2) is 6.91. The van der Waals surface area contributed by atoms with E-state index < -0.39 is 0 Å². The molecule has 0 saturated carbocycles. The molecule has 6 heteroatoms. The average Bonchev–Trinajstić information content (AvgIpc) is 2.46. The minimum atomic E-state index is -0.324. The van der Waals surface area contributed by atoms with Crippen LogP contribution in [0.1, 0.15) is 29.8 Å². The Hall–Kier alpha value is -2.21. The lowest BCUT2D eigenvalue weighted by Gasteiger charge is -2.27. The summed E-state index contributed by atoms with van der Waals surface area (Å²) in [5.41, 5.74) is 1.36. The van der Waals surface area contributed by atoms with Crippen molar-refractivity contribution in [1.29, 1.82) is 0 Å². The Kier molecular flexibility index (Phi) is 5.15. The second-order valence-electron chi connectivity index (χ2n) is 6.30. The van der Waals surface area contributed by atoms with Crippen molar-refractivity contribution in [1.82, 2.24) is 19.2 Å². The number of fused-ring (bicyclic) bond motifs is 1. The standard InChI is InChI=1S/C17H24N4O2/c1-12(2)20(9-8-19(4)5)16(22)14-11-18-15-10-13(3)6-7-21(15)17(14)23/h6-7,10-12H,8-9H2,1-5H3. The van der Waals surface area contributed by atoms with Crippen molar-refractivity contribution in [3.05, 3.63) is 46.0 Å². The highest BCUT2D eigenvalue weighted by Gasteiger charge is 2.22. The molecule has 0 N–H and O–H groups in total. The van der Waals surface area contributed by atoms with Crippen molar-refractivity contribution in [3.8, 4) is 0 Å². The first-order chi connectivity index (χ1) is 10.8. The van der Waals surface area contributed by atoms with Crippen LogP contribution in [0.3, 0.4) is 0 Å². The number of hydrogen-bond acceptors (Lipinski definition) is 4. The topological polar surface area (TPSA) is 57.9 Å². The predicted molar refractivity (Wildman–Crippen MR) is 90.9 cm³/mol. The van der Waals surface area contributed by atoms with E-state index in [9.17, 15) is 9.59 Å². The largest absolute Gasteiger partial charge is 0.335 e. The Bertz CT molecular complexity index is 765. The summed E-state index contributed by atoms with van der Waals surface area (Å²) in [6.45, 7) is 7.14. The van der Waals surface area contributed by atoms with E-state index in [-0.39, 0.29) is 23.1 Å². The van der Waals surface area contributed by atoms with Crippen LogP contribution in [-0.2, 0) is 0 Å². The lowest BCUT2D eigenvalue weighted by atomic mass is 10.2. The zero-order chi connectivity index (χ0) is 17.1. The van der Waals surface area contributed by atoms with Crippen LogP contribution >= 0.6 is 0 Å². The fourth-order valence-corrected chi connectivity index (χ4v) is 2.38. The van der Waals surface area contributed by atoms with Gasteiger partial charge in [0.25, 0.3) is 11.5 Å². The monoisotopic (exact) mass is 316 g/mol. The van der Waals surface area contributed by atoms with E-state index in [0.717, 1.165) is 12.1 Å². The molecule has 0 unspecified atom stereocenters. The fourth-order valence-electron chi connectivity index (χ4n) is 2.38. The maximum Gasteiger partial charge on any atom is 0.270 e. The second-order valence-corrected chi connectivity index (χ2v) is 6.30. The quantitative estimate of drug-likeness (QED) is 0.837. The third-order valence-electron chi connectivity index (χ3n) is 3.77. The molecular formula is C17H24N4O2. The molecule has 0 fully saturated rings. The van der Waals surface area contributed by atoms with Gasteiger partial charge in [0.2, 0.25) is 0 Å². The van der Waals surface area contributed by atoms with Gasteiger partial charge in [-0.25, -0.2) is 4.98 Å². The molecule has 0 radical (unpaired) electrons. The van der Waals surface area contributed by atoms with E-state index >= 15 is 0 Å². The third-order valence-corrected chi connectivity index (χ3v) is 3.77. The Morgan fingerprint density at radius 2 is 2.00 bits per heavy atom.